The Morgan fingerprint density at radius 1 is 1.26 bits per heavy atom. The monoisotopic (exact) mass is 261 g/mol. The van der Waals surface area contributed by atoms with Crippen LogP contribution in [0.5, 0.6) is 5.75 Å². The van der Waals surface area contributed by atoms with Crippen molar-refractivity contribution in [1.29, 1.82) is 0 Å². The standard InChI is InChI=1S/C15H16FNO2/c1-3-19-13-7-12(8-17-9-13)15(18)11-4-5-14(16)10(2)6-11/h4-9,15,18H,3H2,1-2H3. The Morgan fingerprint density at radius 3 is 2.74 bits per heavy atom. The zero-order chi connectivity index (χ0) is 13.8. The fraction of sp³-hybridized carbons (Fsp3) is 0.267. The van der Waals surface area contributed by atoms with Gasteiger partial charge in [0.1, 0.15) is 17.7 Å². The van der Waals surface area contributed by atoms with Gasteiger partial charge in [-0.3, -0.25) is 4.98 Å². The fourth-order valence-corrected chi connectivity index (χ4v) is 1.86. The third-order valence-corrected chi connectivity index (χ3v) is 2.86. The summed E-state index contributed by atoms with van der Waals surface area (Å²) in [7, 11) is 0. The van der Waals surface area contributed by atoms with Crippen molar-refractivity contribution in [3.05, 3.63) is 59.2 Å². The van der Waals surface area contributed by atoms with E-state index in [0.717, 1.165) is 0 Å². The van der Waals surface area contributed by atoms with Crippen LogP contribution < -0.4 is 4.74 Å². The van der Waals surface area contributed by atoms with Crippen molar-refractivity contribution in [3.63, 3.8) is 0 Å². The van der Waals surface area contributed by atoms with Gasteiger partial charge in [0.15, 0.2) is 0 Å². The quantitative estimate of drug-likeness (QED) is 0.920. The number of rotatable bonds is 4. The zero-order valence-electron chi connectivity index (χ0n) is 10.9. The van der Waals surface area contributed by atoms with Gasteiger partial charge in [-0.2, -0.15) is 0 Å². The molecule has 4 heteroatoms. The van der Waals surface area contributed by atoms with Gasteiger partial charge in [-0.05, 0) is 37.1 Å². The summed E-state index contributed by atoms with van der Waals surface area (Å²) in [6.45, 7) is 4.09. The van der Waals surface area contributed by atoms with Crippen LogP contribution in [0.25, 0.3) is 0 Å². The average molecular weight is 261 g/mol. The number of ether oxygens (including phenoxy) is 1. The van der Waals surface area contributed by atoms with Crippen molar-refractivity contribution in [2.75, 3.05) is 6.61 Å². The molecular weight excluding hydrogens is 245 g/mol. The van der Waals surface area contributed by atoms with Gasteiger partial charge >= 0.3 is 0 Å². The fourth-order valence-electron chi connectivity index (χ4n) is 1.86. The first-order valence-corrected chi connectivity index (χ1v) is 6.13. The summed E-state index contributed by atoms with van der Waals surface area (Å²) in [5.74, 6) is 0.329. The molecule has 1 heterocycles. The minimum Gasteiger partial charge on any atom is -0.492 e. The van der Waals surface area contributed by atoms with Crippen molar-refractivity contribution in [1.82, 2.24) is 4.98 Å². The van der Waals surface area contributed by atoms with Crippen LogP contribution in [-0.2, 0) is 0 Å². The van der Waals surface area contributed by atoms with Crippen molar-refractivity contribution in [2.24, 2.45) is 0 Å². The molecule has 0 aliphatic carbocycles. The molecule has 1 atom stereocenters. The number of hydrogen-bond donors (Lipinski definition) is 1. The number of halogens is 1. The third kappa shape index (κ3) is 3.09. The maximum absolute atomic E-state index is 13.2. The van der Waals surface area contributed by atoms with Crippen molar-refractivity contribution in [2.45, 2.75) is 20.0 Å². The van der Waals surface area contributed by atoms with Gasteiger partial charge in [0.25, 0.3) is 0 Å². The second-order valence-electron chi connectivity index (χ2n) is 4.30. The SMILES string of the molecule is CCOc1cncc(C(O)c2ccc(F)c(C)c2)c1. The normalized spacial score (nSPS) is 12.2. The molecule has 1 unspecified atom stereocenters. The maximum Gasteiger partial charge on any atom is 0.137 e. The third-order valence-electron chi connectivity index (χ3n) is 2.86. The van der Waals surface area contributed by atoms with Crippen molar-refractivity contribution < 1.29 is 14.2 Å². The lowest BCUT2D eigenvalue weighted by molar-refractivity contribution is 0.218. The molecule has 3 nitrogen and oxygen atoms in total. The number of benzene rings is 1. The first kappa shape index (κ1) is 13.5. The van der Waals surface area contributed by atoms with E-state index in [1.807, 2.05) is 6.92 Å². The van der Waals surface area contributed by atoms with E-state index in [9.17, 15) is 9.50 Å². The van der Waals surface area contributed by atoms with Gasteiger partial charge in [0.05, 0.1) is 12.8 Å². The Hall–Kier alpha value is -1.94. The van der Waals surface area contributed by atoms with Gasteiger partial charge in [-0.15, -0.1) is 0 Å². The molecular formula is C15H16FNO2. The highest BCUT2D eigenvalue weighted by Gasteiger charge is 2.13. The van der Waals surface area contributed by atoms with Crippen LogP contribution in [0, 0.1) is 12.7 Å². The van der Waals surface area contributed by atoms with Crippen LogP contribution in [0.15, 0.2) is 36.7 Å². The summed E-state index contributed by atoms with van der Waals surface area (Å²) in [4.78, 5) is 4.03. The largest absolute Gasteiger partial charge is 0.492 e. The molecule has 1 N–H and O–H groups in total. The highest BCUT2D eigenvalue weighted by Crippen LogP contribution is 2.25. The van der Waals surface area contributed by atoms with Crippen LogP contribution in [0.4, 0.5) is 4.39 Å². The lowest BCUT2D eigenvalue weighted by Gasteiger charge is -2.13. The molecule has 19 heavy (non-hydrogen) atoms. The average Bonchev–Trinajstić information content (AvgIpc) is 2.42. The predicted octanol–water partition coefficient (Wildman–Crippen LogP) is 3.01. The lowest BCUT2D eigenvalue weighted by Crippen LogP contribution is -2.02. The highest BCUT2D eigenvalue weighted by molar-refractivity contribution is 5.34. The van der Waals surface area contributed by atoms with Crippen LogP contribution in [0.3, 0.4) is 0 Å². The molecule has 1 aromatic heterocycles. The topological polar surface area (TPSA) is 42.4 Å². The zero-order valence-corrected chi connectivity index (χ0v) is 10.9. The van der Waals surface area contributed by atoms with Gasteiger partial charge in [-0.1, -0.05) is 12.1 Å². The van der Waals surface area contributed by atoms with Gasteiger partial charge < -0.3 is 9.84 Å². The van der Waals surface area contributed by atoms with E-state index in [0.29, 0.717) is 29.0 Å². The molecule has 0 fully saturated rings. The molecule has 2 rings (SSSR count). The molecule has 0 saturated carbocycles. The van der Waals surface area contributed by atoms with E-state index in [1.165, 1.54) is 6.07 Å². The first-order valence-electron chi connectivity index (χ1n) is 6.13. The van der Waals surface area contributed by atoms with Gasteiger partial charge in [0.2, 0.25) is 0 Å². The minimum atomic E-state index is -0.841. The van der Waals surface area contributed by atoms with E-state index in [1.54, 1.807) is 37.5 Å². The van der Waals surface area contributed by atoms with E-state index >= 15 is 0 Å². The van der Waals surface area contributed by atoms with E-state index in [-0.39, 0.29) is 5.82 Å². The van der Waals surface area contributed by atoms with Crippen LogP contribution >= 0.6 is 0 Å². The molecule has 2 aromatic rings. The number of nitrogens with zero attached hydrogens (tertiary/aromatic N) is 1. The Kier molecular flexibility index (Phi) is 4.12. The smallest absolute Gasteiger partial charge is 0.137 e. The van der Waals surface area contributed by atoms with E-state index in [2.05, 4.69) is 4.98 Å². The van der Waals surface area contributed by atoms with E-state index in [4.69, 9.17) is 4.74 Å². The van der Waals surface area contributed by atoms with Crippen LogP contribution in [0.1, 0.15) is 29.7 Å². The molecule has 0 amide bonds. The van der Waals surface area contributed by atoms with Crippen LogP contribution in [-0.4, -0.2) is 16.7 Å². The number of aromatic nitrogens is 1. The highest BCUT2D eigenvalue weighted by atomic mass is 19.1. The number of aliphatic hydroxyl groups excluding tert-OH is 1. The molecule has 1 aromatic carbocycles. The molecule has 0 radical (unpaired) electrons. The lowest BCUT2D eigenvalue weighted by atomic mass is 10.0. The number of aliphatic hydroxyl groups is 1. The van der Waals surface area contributed by atoms with Crippen LogP contribution in [0.2, 0.25) is 0 Å². The van der Waals surface area contributed by atoms with Gasteiger partial charge in [0, 0.05) is 11.8 Å². The molecule has 0 bridgehead atoms. The summed E-state index contributed by atoms with van der Waals surface area (Å²) in [5.41, 5.74) is 1.76. The number of hydrogen-bond acceptors (Lipinski definition) is 3. The predicted molar refractivity (Wildman–Crippen MR) is 70.6 cm³/mol. The minimum absolute atomic E-state index is 0.280. The molecule has 0 aliphatic heterocycles. The molecule has 0 aliphatic rings. The molecule has 100 valence electrons. The Bertz CT molecular complexity index is 572. The summed E-state index contributed by atoms with van der Waals surface area (Å²) in [6, 6.07) is 6.29. The van der Waals surface area contributed by atoms with Crippen molar-refractivity contribution in [3.8, 4) is 5.75 Å². The summed E-state index contributed by atoms with van der Waals surface area (Å²) in [5, 5.41) is 10.3. The number of pyridine rings is 1. The molecule has 0 spiro atoms. The summed E-state index contributed by atoms with van der Waals surface area (Å²) >= 11 is 0. The Labute approximate surface area is 111 Å². The maximum atomic E-state index is 13.2. The Balaban J connectivity index is 2.29. The Morgan fingerprint density at radius 2 is 2.05 bits per heavy atom. The summed E-state index contributed by atoms with van der Waals surface area (Å²) in [6.07, 6.45) is 2.33. The summed E-state index contributed by atoms with van der Waals surface area (Å²) < 4.78 is 18.6. The van der Waals surface area contributed by atoms with E-state index < -0.39 is 6.10 Å². The van der Waals surface area contributed by atoms with Crippen molar-refractivity contribution >= 4 is 0 Å². The first-order chi connectivity index (χ1) is 9.11. The second-order valence-corrected chi connectivity index (χ2v) is 4.30. The second kappa shape index (κ2) is 5.80. The number of aryl methyl sites for hydroxylation is 1. The van der Waals surface area contributed by atoms with Gasteiger partial charge in [-0.25, -0.2) is 4.39 Å². The molecule has 0 saturated heterocycles.